The fourth-order valence-electron chi connectivity index (χ4n) is 2.39. The topological polar surface area (TPSA) is 125 Å². The summed E-state index contributed by atoms with van der Waals surface area (Å²) in [6.07, 6.45) is -1.45. The van der Waals surface area contributed by atoms with E-state index in [-0.39, 0.29) is 57.8 Å². The molecule has 0 amide bonds. The summed E-state index contributed by atoms with van der Waals surface area (Å²) in [4.78, 5) is 21.2. The standard InChI is InChI=1S/C17H28NO7P.Li.H/c1-4-24-17(25-5-2)26(22,23)11-15(19)10-18-12(3)13-7-6-8-14(9-13)16(20)21;;/h6-9,12,15,17-19H,4-5,10-11H2,1-3H3,(H,20,21)(H,22,23);;/q;+1;-1/t12-,15-;;/m1../s1. The number of hydrogen-bond acceptors (Lipinski definition) is 6. The molecule has 0 radical (unpaired) electrons. The van der Waals surface area contributed by atoms with E-state index in [1.54, 1.807) is 32.0 Å². The molecular weight excluding hydrogens is 368 g/mol. The van der Waals surface area contributed by atoms with Crippen LogP contribution in [-0.4, -0.2) is 59.1 Å². The van der Waals surface area contributed by atoms with Crippen molar-refractivity contribution in [1.29, 1.82) is 0 Å². The first-order valence-electron chi connectivity index (χ1n) is 8.50. The van der Waals surface area contributed by atoms with E-state index in [2.05, 4.69) is 5.32 Å². The number of rotatable bonds is 12. The molecule has 0 spiro atoms. The first kappa shape index (κ1) is 26.3. The van der Waals surface area contributed by atoms with Crippen LogP contribution in [0.3, 0.4) is 0 Å². The van der Waals surface area contributed by atoms with Crippen molar-refractivity contribution in [2.24, 2.45) is 0 Å². The molecule has 0 saturated heterocycles. The van der Waals surface area contributed by atoms with Gasteiger partial charge in [0.25, 0.3) is 7.37 Å². The molecule has 4 N–H and O–H groups in total. The van der Waals surface area contributed by atoms with E-state index in [1.807, 2.05) is 6.92 Å². The fraction of sp³-hybridized carbons (Fsp3) is 0.588. The Morgan fingerprint density at radius 1 is 1.30 bits per heavy atom. The Labute approximate surface area is 173 Å². The van der Waals surface area contributed by atoms with Crippen molar-refractivity contribution in [1.82, 2.24) is 5.32 Å². The Morgan fingerprint density at radius 2 is 1.89 bits per heavy atom. The minimum absolute atomic E-state index is 0. The molecule has 1 aromatic rings. The number of benzene rings is 1. The maximum absolute atomic E-state index is 12.4. The van der Waals surface area contributed by atoms with Crippen molar-refractivity contribution in [2.45, 2.75) is 38.9 Å². The summed E-state index contributed by atoms with van der Waals surface area (Å²) < 4.78 is 22.7. The van der Waals surface area contributed by atoms with Gasteiger partial charge in [0.05, 0.1) is 17.8 Å². The van der Waals surface area contributed by atoms with Gasteiger partial charge in [0.2, 0.25) is 6.03 Å². The summed E-state index contributed by atoms with van der Waals surface area (Å²) >= 11 is 0. The van der Waals surface area contributed by atoms with E-state index in [4.69, 9.17) is 14.6 Å². The molecule has 0 fully saturated rings. The summed E-state index contributed by atoms with van der Waals surface area (Å²) in [5.74, 6) is -1.02. The van der Waals surface area contributed by atoms with Gasteiger partial charge in [-0.1, -0.05) is 12.1 Å². The summed E-state index contributed by atoms with van der Waals surface area (Å²) in [7, 11) is -3.86. The van der Waals surface area contributed by atoms with Crippen LogP contribution in [0.2, 0.25) is 0 Å². The first-order valence-corrected chi connectivity index (χ1v) is 10.4. The van der Waals surface area contributed by atoms with E-state index in [0.717, 1.165) is 5.56 Å². The van der Waals surface area contributed by atoms with Crippen molar-refractivity contribution in [3.05, 3.63) is 35.4 Å². The van der Waals surface area contributed by atoms with Gasteiger partial charge in [-0.15, -0.1) is 0 Å². The normalized spacial score (nSPS) is 15.6. The van der Waals surface area contributed by atoms with Crippen LogP contribution in [0.5, 0.6) is 0 Å². The molecule has 3 atom stereocenters. The summed E-state index contributed by atoms with van der Waals surface area (Å²) in [6.45, 7) is 5.71. The molecule has 1 aromatic carbocycles. The van der Waals surface area contributed by atoms with Crippen LogP contribution in [0, 0.1) is 0 Å². The van der Waals surface area contributed by atoms with Gasteiger partial charge in [0.1, 0.15) is 0 Å². The van der Waals surface area contributed by atoms with E-state index < -0.39 is 25.5 Å². The van der Waals surface area contributed by atoms with Crippen molar-refractivity contribution in [2.75, 3.05) is 25.9 Å². The van der Waals surface area contributed by atoms with Crippen molar-refractivity contribution < 1.29 is 54.2 Å². The first-order chi connectivity index (χ1) is 12.2. The number of aromatic carboxylic acids is 1. The zero-order valence-corrected chi connectivity index (χ0v) is 17.2. The second-order valence-corrected chi connectivity index (χ2v) is 8.17. The molecule has 150 valence electrons. The summed E-state index contributed by atoms with van der Waals surface area (Å²) in [5.41, 5.74) is 0.915. The third-order valence-corrected chi connectivity index (χ3v) is 5.62. The smallest absolute Gasteiger partial charge is 1.00 e. The van der Waals surface area contributed by atoms with E-state index in [9.17, 15) is 19.4 Å². The molecule has 0 aliphatic rings. The number of carboxylic acids is 1. The third kappa shape index (κ3) is 8.90. The van der Waals surface area contributed by atoms with Crippen LogP contribution < -0.4 is 24.2 Å². The SMILES string of the molecule is CCOC(OCC)P(=O)(O)C[C@H](O)CN[C@H](C)c1cccc(C(=O)O)c1.[H-].[Li+]. The average Bonchev–Trinajstić information content (AvgIpc) is 2.59. The van der Waals surface area contributed by atoms with Gasteiger partial charge < -0.3 is 31.3 Å². The molecule has 0 aliphatic heterocycles. The van der Waals surface area contributed by atoms with Crippen molar-refractivity contribution in [3.8, 4) is 0 Å². The minimum atomic E-state index is -3.86. The van der Waals surface area contributed by atoms with E-state index in [1.165, 1.54) is 6.07 Å². The number of carbonyl (C=O) groups is 1. The molecule has 0 heterocycles. The number of nitrogens with one attached hydrogen (secondary N) is 1. The molecule has 0 aromatic heterocycles. The molecule has 0 aliphatic carbocycles. The summed E-state index contributed by atoms with van der Waals surface area (Å²) in [6, 6.07) is 4.96. The van der Waals surface area contributed by atoms with E-state index >= 15 is 0 Å². The number of hydrogen-bond donors (Lipinski definition) is 4. The van der Waals surface area contributed by atoms with Crippen molar-refractivity contribution in [3.63, 3.8) is 0 Å². The Morgan fingerprint density at radius 3 is 2.41 bits per heavy atom. The van der Waals surface area contributed by atoms with E-state index in [0.29, 0.717) is 0 Å². The molecule has 1 unspecified atom stereocenters. The molecule has 0 saturated carbocycles. The van der Waals surface area contributed by atoms with Crippen LogP contribution in [0.15, 0.2) is 24.3 Å². The van der Waals surface area contributed by atoms with Gasteiger partial charge in [-0.2, -0.15) is 0 Å². The van der Waals surface area contributed by atoms with Crippen LogP contribution >= 0.6 is 7.37 Å². The second kappa shape index (κ2) is 12.7. The number of ether oxygens (including phenoxy) is 2. The Kier molecular flexibility index (Phi) is 12.4. The van der Waals surface area contributed by atoms with Crippen LogP contribution in [0.1, 0.15) is 44.2 Å². The van der Waals surface area contributed by atoms with Gasteiger partial charge in [0.15, 0.2) is 0 Å². The zero-order chi connectivity index (χ0) is 19.7. The Bertz CT molecular complexity index is 631. The number of carboxylic acid groups (broad SMARTS) is 1. The van der Waals surface area contributed by atoms with Gasteiger partial charge >= 0.3 is 24.8 Å². The zero-order valence-electron chi connectivity index (χ0n) is 17.3. The van der Waals surface area contributed by atoms with Crippen LogP contribution in [0.25, 0.3) is 0 Å². The predicted molar refractivity (Wildman–Crippen MR) is 98.7 cm³/mol. The minimum Gasteiger partial charge on any atom is -1.00 e. The molecule has 8 nitrogen and oxygen atoms in total. The maximum atomic E-state index is 12.4. The molecular formula is C17H29LiNO7P. The van der Waals surface area contributed by atoms with Gasteiger partial charge in [-0.25, -0.2) is 4.79 Å². The largest absolute Gasteiger partial charge is 1.00 e. The number of aliphatic hydroxyl groups is 1. The van der Waals surface area contributed by atoms with Gasteiger partial charge in [-0.3, -0.25) is 4.57 Å². The predicted octanol–water partition coefficient (Wildman–Crippen LogP) is -0.860. The van der Waals surface area contributed by atoms with Crippen LogP contribution in [0.4, 0.5) is 0 Å². The van der Waals surface area contributed by atoms with Gasteiger partial charge in [0, 0.05) is 25.8 Å². The molecule has 0 bridgehead atoms. The average molecular weight is 397 g/mol. The second-order valence-electron chi connectivity index (χ2n) is 5.87. The maximum Gasteiger partial charge on any atom is 1.00 e. The molecule has 10 heteroatoms. The quantitative estimate of drug-likeness (QED) is 0.204. The third-order valence-electron chi connectivity index (χ3n) is 3.71. The molecule has 27 heavy (non-hydrogen) atoms. The monoisotopic (exact) mass is 397 g/mol. The Hall–Kier alpha value is -0.683. The number of aliphatic hydroxyl groups excluding tert-OH is 1. The van der Waals surface area contributed by atoms with Crippen LogP contribution in [-0.2, 0) is 14.0 Å². The van der Waals surface area contributed by atoms with Gasteiger partial charge in [-0.05, 0) is 38.5 Å². The Balaban J connectivity index is 0. The summed E-state index contributed by atoms with van der Waals surface area (Å²) in [5, 5.41) is 22.2. The fourth-order valence-corrected chi connectivity index (χ4v) is 4.06. The van der Waals surface area contributed by atoms with Crippen molar-refractivity contribution >= 4 is 13.3 Å². The molecule has 1 rings (SSSR count).